The number of aryl methyl sites for hydroxylation is 1. The van der Waals surface area contributed by atoms with Crippen molar-refractivity contribution in [2.45, 2.75) is 44.0 Å². The van der Waals surface area contributed by atoms with Crippen molar-refractivity contribution in [2.24, 2.45) is 0 Å². The number of hydrogen-bond acceptors (Lipinski definition) is 4. The Labute approximate surface area is 220 Å². The molecular formula is C29H35N3O4S. The van der Waals surface area contributed by atoms with Crippen LogP contribution in [0.25, 0.3) is 0 Å². The summed E-state index contributed by atoms with van der Waals surface area (Å²) >= 11 is 0. The first-order chi connectivity index (χ1) is 17.8. The molecule has 3 aromatic rings. The SMILES string of the molecule is CCc1ccc(N(CC(=O)N(CCc2ccccc2)[C@@H](CC)C(=O)NC)S(=O)(=O)c2ccccc2)cc1. The maximum Gasteiger partial charge on any atom is 0.264 e. The van der Waals surface area contributed by atoms with Gasteiger partial charge >= 0.3 is 0 Å². The number of nitrogens with zero attached hydrogens (tertiary/aromatic N) is 2. The van der Waals surface area contributed by atoms with Gasteiger partial charge in [0.15, 0.2) is 0 Å². The summed E-state index contributed by atoms with van der Waals surface area (Å²) in [5, 5.41) is 2.64. The van der Waals surface area contributed by atoms with Crippen LogP contribution in [0.3, 0.4) is 0 Å². The van der Waals surface area contributed by atoms with Crippen LogP contribution < -0.4 is 9.62 Å². The maximum atomic E-state index is 13.8. The first-order valence-corrected chi connectivity index (χ1v) is 14.0. The minimum Gasteiger partial charge on any atom is -0.357 e. The summed E-state index contributed by atoms with van der Waals surface area (Å²) in [6.45, 7) is 3.71. The summed E-state index contributed by atoms with van der Waals surface area (Å²) in [6, 6.07) is 24.2. The van der Waals surface area contributed by atoms with Gasteiger partial charge in [-0.15, -0.1) is 0 Å². The molecule has 0 aliphatic heterocycles. The highest BCUT2D eigenvalue weighted by molar-refractivity contribution is 7.92. The van der Waals surface area contributed by atoms with Crippen LogP contribution in [0.15, 0.2) is 89.8 Å². The van der Waals surface area contributed by atoms with Crippen molar-refractivity contribution in [1.82, 2.24) is 10.2 Å². The molecule has 1 N–H and O–H groups in total. The van der Waals surface area contributed by atoms with E-state index >= 15 is 0 Å². The van der Waals surface area contributed by atoms with Crippen molar-refractivity contribution in [1.29, 1.82) is 0 Å². The highest BCUT2D eigenvalue weighted by atomic mass is 32.2. The van der Waals surface area contributed by atoms with Gasteiger partial charge in [-0.05, 0) is 54.7 Å². The molecule has 0 aromatic heterocycles. The molecule has 3 rings (SSSR count). The molecule has 2 amide bonds. The van der Waals surface area contributed by atoms with Crippen LogP contribution >= 0.6 is 0 Å². The molecule has 0 saturated heterocycles. The number of carbonyl (C=O) groups excluding carboxylic acids is 2. The Bertz CT molecular complexity index is 1260. The summed E-state index contributed by atoms with van der Waals surface area (Å²) in [4.78, 5) is 28.1. The number of benzene rings is 3. The summed E-state index contributed by atoms with van der Waals surface area (Å²) in [5.74, 6) is -0.723. The lowest BCUT2D eigenvalue weighted by atomic mass is 10.1. The number of amides is 2. The van der Waals surface area contributed by atoms with Crippen molar-refractivity contribution in [3.05, 3.63) is 96.1 Å². The molecule has 0 radical (unpaired) electrons. The molecular weight excluding hydrogens is 486 g/mol. The molecule has 0 unspecified atom stereocenters. The Morgan fingerprint density at radius 3 is 1.97 bits per heavy atom. The Balaban J connectivity index is 1.99. The number of carbonyl (C=O) groups is 2. The number of sulfonamides is 1. The number of anilines is 1. The number of rotatable bonds is 12. The zero-order valence-corrected chi connectivity index (χ0v) is 22.4. The topological polar surface area (TPSA) is 86.8 Å². The van der Waals surface area contributed by atoms with E-state index in [1.54, 1.807) is 30.3 Å². The Morgan fingerprint density at radius 2 is 1.43 bits per heavy atom. The van der Waals surface area contributed by atoms with Crippen LogP contribution in [0.1, 0.15) is 31.4 Å². The average Bonchev–Trinajstić information content (AvgIpc) is 2.94. The lowest BCUT2D eigenvalue weighted by Crippen LogP contribution is -2.52. The van der Waals surface area contributed by atoms with E-state index in [2.05, 4.69) is 5.32 Å². The molecule has 0 aliphatic rings. The number of hydrogen-bond donors (Lipinski definition) is 1. The van der Waals surface area contributed by atoms with E-state index in [0.717, 1.165) is 21.9 Å². The van der Waals surface area contributed by atoms with Crippen LogP contribution in [0.5, 0.6) is 0 Å². The van der Waals surface area contributed by atoms with E-state index in [1.807, 2.05) is 56.3 Å². The summed E-state index contributed by atoms with van der Waals surface area (Å²) in [6.07, 6.45) is 1.75. The van der Waals surface area contributed by atoms with Gasteiger partial charge < -0.3 is 10.2 Å². The van der Waals surface area contributed by atoms with E-state index < -0.39 is 28.5 Å². The van der Waals surface area contributed by atoms with Gasteiger partial charge in [-0.2, -0.15) is 0 Å². The maximum absolute atomic E-state index is 13.8. The largest absolute Gasteiger partial charge is 0.357 e. The first kappa shape index (κ1) is 27.9. The van der Waals surface area contributed by atoms with Gasteiger partial charge in [0.05, 0.1) is 10.6 Å². The van der Waals surface area contributed by atoms with E-state index in [1.165, 1.54) is 24.1 Å². The van der Waals surface area contributed by atoms with Crippen molar-refractivity contribution >= 4 is 27.5 Å². The van der Waals surface area contributed by atoms with Crippen LogP contribution in [-0.4, -0.2) is 51.3 Å². The van der Waals surface area contributed by atoms with Crippen LogP contribution in [0.4, 0.5) is 5.69 Å². The third-order valence-electron chi connectivity index (χ3n) is 6.36. The molecule has 0 heterocycles. The van der Waals surface area contributed by atoms with Crippen molar-refractivity contribution in [3.63, 3.8) is 0 Å². The molecule has 1 atom stereocenters. The van der Waals surface area contributed by atoms with E-state index in [9.17, 15) is 18.0 Å². The lowest BCUT2D eigenvalue weighted by Gasteiger charge is -2.33. The first-order valence-electron chi connectivity index (χ1n) is 12.5. The van der Waals surface area contributed by atoms with Crippen molar-refractivity contribution in [2.75, 3.05) is 24.4 Å². The number of nitrogens with one attached hydrogen (secondary N) is 1. The lowest BCUT2D eigenvalue weighted by molar-refractivity contribution is -0.139. The molecule has 0 spiro atoms. The van der Waals surface area contributed by atoms with Crippen LogP contribution in [0, 0.1) is 0 Å². The standard InChI is InChI=1S/C29H35N3O4S/c1-4-23-16-18-25(19-17-23)32(37(35,36)26-14-10-7-11-15-26)22-28(33)31(27(5-2)29(34)30-3)21-20-24-12-8-6-9-13-24/h6-19,27H,4-5,20-22H2,1-3H3,(H,30,34)/t27-/m0/s1. The molecule has 0 aliphatic carbocycles. The molecule has 196 valence electrons. The van der Waals surface area contributed by atoms with Crippen LogP contribution in [0.2, 0.25) is 0 Å². The molecule has 0 fully saturated rings. The van der Waals surface area contributed by atoms with Gasteiger partial charge in [-0.25, -0.2) is 8.42 Å². The fraction of sp³-hybridized carbons (Fsp3) is 0.310. The molecule has 7 nitrogen and oxygen atoms in total. The molecule has 0 bridgehead atoms. The normalized spacial score (nSPS) is 12.0. The minimum absolute atomic E-state index is 0.0940. The Morgan fingerprint density at radius 1 is 0.838 bits per heavy atom. The Hall–Kier alpha value is -3.65. The highest BCUT2D eigenvalue weighted by Crippen LogP contribution is 2.25. The van der Waals surface area contributed by atoms with E-state index in [0.29, 0.717) is 18.5 Å². The predicted molar refractivity (Wildman–Crippen MR) is 147 cm³/mol. The predicted octanol–water partition coefficient (Wildman–Crippen LogP) is 4.04. The highest BCUT2D eigenvalue weighted by Gasteiger charge is 2.33. The zero-order chi connectivity index (χ0) is 26.8. The Kier molecular flexibility index (Phi) is 9.85. The molecule has 8 heteroatoms. The molecule has 0 saturated carbocycles. The van der Waals surface area contributed by atoms with Gasteiger partial charge in [0.1, 0.15) is 12.6 Å². The fourth-order valence-corrected chi connectivity index (χ4v) is 5.64. The number of likely N-dealkylation sites (N-methyl/N-ethyl adjacent to an activating group) is 1. The summed E-state index contributed by atoms with van der Waals surface area (Å²) < 4.78 is 28.6. The van der Waals surface area contributed by atoms with Gasteiger partial charge in [0.2, 0.25) is 11.8 Å². The second kappa shape index (κ2) is 13.1. The zero-order valence-electron chi connectivity index (χ0n) is 21.6. The third-order valence-corrected chi connectivity index (χ3v) is 8.15. The fourth-order valence-electron chi connectivity index (χ4n) is 4.21. The minimum atomic E-state index is -4.04. The van der Waals surface area contributed by atoms with Crippen molar-refractivity contribution < 1.29 is 18.0 Å². The van der Waals surface area contributed by atoms with E-state index in [-0.39, 0.29) is 17.3 Å². The third kappa shape index (κ3) is 6.98. The second-order valence-corrected chi connectivity index (χ2v) is 10.6. The quantitative estimate of drug-likeness (QED) is 0.390. The van der Waals surface area contributed by atoms with Gasteiger partial charge in [0, 0.05) is 13.6 Å². The van der Waals surface area contributed by atoms with E-state index in [4.69, 9.17) is 0 Å². The van der Waals surface area contributed by atoms with Crippen LogP contribution in [-0.2, 0) is 32.5 Å². The van der Waals surface area contributed by atoms with Crippen molar-refractivity contribution in [3.8, 4) is 0 Å². The summed E-state index contributed by atoms with van der Waals surface area (Å²) in [5.41, 5.74) is 2.48. The van der Waals surface area contributed by atoms with Gasteiger partial charge in [-0.3, -0.25) is 13.9 Å². The molecule has 37 heavy (non-hydrogen) atoms. The summed E-state index contributed by atoms with van der Waals surface area (Å²) in [7, 11) is -2.51. The van der Waals surface area contributed by atoms with Gasteiger partial charge in [0.25, 0.3) is 10.0 Å². The monoisotopic (exact) mass is 521 g/mol. The second-order valence-electron chi connectivity index (χ2n) is 8.71. The smallest absolute Gasteiger partial charge is 0.264 e. The van der Waals surface area contributed by atoms with Gasteiger partial charge in [-0.1, -0.05) is 74.5 Å². The average molecular weight is 522 g/mol. The molecule has 3 aromatic carbocycles.